The van der Waals surface area contributed by atoms with Gasteiger partial charge in [-0.1, -0.05) is 60.7 Å². The van der Waals surface area contributed by atoms with Gasteiger partial charge in [0.25, 0.3) is 0 Å². The number of aryl methyl sites for hydroxylation is 2. The molecule has 0 unspecified atom stereocenters. The average Bonchev–Trinajstić information content (AvgIpc) is 2.83. The van der Waals surface area contributed by atoms with Crippen molar-refractivity contribution in [2.75, 3.05) is 0 Å². The molecule has 4 aromatic rings. The van der Waals surface area contributed by atoms with Crippen LogP contribution in [0.2, 0.25) is 0 Å². The van der Waals surface area contributed by atoms with E-state index in [4.69, 9.17) is 9.47 Å². The van der Waals surface area contributed by atoms with Crippen LogP contribution in [0.4, 0.5) is 0 Å². The second-order valence-electron chi connectivity index (χ2n) is 7.66. The quantitative estimate of drug-likeness (QED) is 0.267. The number of ether oxygens (including phenoxy) is 2. The highest BCUT2D eigenvalue weighted by molar-refractivity contribution is 5.78. The molecule has 32 heavy (non-hydrogen) atoms. The maximum absolute atomic E-state index is 12.5. The lowest BCUT2D eigenvalue weighted by atomic mass is 10.0. The molecule has 0 aliphatic heterocycles. The Morgan fingerprint density at radius 1 is 0.500 bits per heavy atom. The van der Waals surface area contributed by atoms with Crippen LogP contribution < -0.4 is 9.47 Å². The van der Waals surface area contributed by atoms with Crippen molar-refractivity contribution >= 4 is 5.78 Å². The number of para-hydroxylation sites is 2. The van der Waals surface area contributed by atoms with Gasteiger partial charge in [0.2, 0.25) is 0 Å². The molecule has 0 N–H and O–H groups in total. The van der Waals surface area contributed by atoms with Crippen LogP contribution in [-0.4, -0.2) is 5.78 Å². The van der Waals surface area contributed by atoms with Crippen LogP contribution in [0.15, 0.2) is 109 Å². The molecular formula is C29H26O3. The van der Waals surface area contributed by atoms with Crippen molar-refractivity contribution in [2.24, 2.45) is 0 Å². The van der Waals surface area contributed by atoms with Crippen LogP contribution in [0.5, 0.6) is 23.0 Å². The van der Waals surface area contributed by atoms with Gasteiger partial charge >= 0.3 is 0 Å². The van der Waals surface area contributed by atoms with Gasteiger partial charge in [0.1, 0.15) is 28.8 Å². The van der Waals surface area contributed by atoms with E-state index in [1.54, 1.807) is 0 Å². The van der Waals surface area contributed by atoms with E-state index < -0.39 is 0 Å². The minimum atomic E-state index is 0.258. The van der Waals surface area contributed by atoms with Crippen LogP contribution in [0.25, 0.3) is 0 Å². The maximum Gasteiger partial charge on any atom is 0.133 e. The number of hydrogen-bond donors (Lipinski definition) is 0. The largest absolute Gasteiger partial charge is 0.457 e. The molecule has 4 rings (SSSR count). The smallest absolute Gasteiger partial charge is 0.133 e. The molecule has 0 aliphatic carbocycles. The second kappa shape index (κ2) is 11.0. The maximum atomic E-state index is 12.5. The Morgan fingerprint density at radius 2 is 0.906 bits per heavy atom. The SMILES string of the molecule is O=C(CCc1cccc(Oc2ccccc2)c1)CCc1cccc(Oc2ccccc2)c1. The second-order valence-corrected chi connectivity index (χ2v) is 7.66. The first-order chi connectivity index (χ1) is 15.7. The zero-order valence-electron chi connectivity index (χ0n) is 17.9. The van der Waals surface area contributed by atoms with Crippen molar-refractivity contribution in [1.82, 2.24) is 0 Å². The molecule has 0 aromatic heterocycles. The van der Waals surface area contributed by atoms with Gasteiger partial charge in [0, 0.05) is 12.8 Å². The first-order valence-electron chi connectivity index (χ1n) is 10.9. The van der Waals surface area contributed by atoms with Gasteiger partial charge in [0.05, 0.1) is 0 Å². The molecule has 0 radical (unpaired) electrons. The number of carbonyl (C=O) groups excluding carboxylic acids is 1. The summed E-state index contributed by atoms with van der Waals surface area (Å²) in [6, 6.07) is 35.3. The molecule has 0 aliphatic rings. The third-order valence-electron chi connectivity index (χ3n) is 5.14. The fraction of sp³-hybridized carbons (Fsp3) is 0.138. The van der Waals surface area contributed by atoms with E-state index in [-0.39, 0.29) is 5.78 Å². The minimum absolute atomic E-state index is 0.258. The molecule has 0 fully saturated rings. The lowest BCUT2D eigenvalue weighted by molar-refractivity contribution is -0.119. The molecule has 0 amide bonds. The van der Waals surface area contributed by atoms with Gasteiger partial charge < -0.3 is 9.47 Å². The Bertz CT molecular complexity index is 1050. The van der Waals surface area contributed by atoms with E-state index in [1.807, 2.05) is 109 Å². The lowest BCUT2D eigenvalue weighted by Gasteiger charge is -2.08. The van der Waals surface area contributed by atoms with Gasteiger partial charge in [-0.15, -0.1) is 0 Å². The summed E-state index contributed by atoms with van der Waals surface area (Å²) in [6.07, 6.45) is 2.47. The normalized spacial score (nSPS) is 10.5. The number of Topliss-reactive ketones (excluding diaryl/α,β-unsaturated/α-hetero) is 1. The summed E-state index contributed by atoms with van der Waals surface area (Å²) in [5.74, 6) is 3.44. The Morgan fingerprint density at radius 3 is 1.34 bits per heavy atom. The van der Waals surface area contributed by atoms with E-state index in [9.17, 15) is 4.79 Å². The number of benzene rings is 4. The van der Waals surface area contributed by atoms with Gasteiger partial charge in [-0.2, -0.15) is 0 Å². The predicted molar refractivity (Wildman–Crippen MR) is 128 cm³/mol. The minimum Gasteiger partial charge on any atom is -0.457 e. The molecule has 0 atom stereocenters. The van der Waals surface area contributed by atoms with Crippen molar-refractivity contribution in [2.45, 2.75) is 25.7 Å². The summed E-state index contributed by atoms with van der Waals surface area (Å²) < 4.78 is 11.8. The summed E-state index contributed by atoms with van der Waals surface area (Å²) in [7, 11) is 0. The fourth-order valence-electron chi connectivity index (χ4n) is 3.47. The number of ketones is 1. The van der Waals surface area contributed by atoms with Crippen molar-refractivity contribution in [3.8, 4) is 23.0 Å². The van der Waals surface area contributed by atoms with Gasteiger partial charge in [-0.25, -0.2) is 0 Å². The van der Waals surface area contributed by atoms with Crippen molar-refractivity contribution in [1.29, 1.82) is 0 Å². The van der Waals surface area contributed by atoms with Crippen LogP contribution in [-0.2, 0) is 17.6 Å². The lowest BCUT2D eigenvalue weighted by Crippen LogP contribution is -2.02. The average molecular weight is 423 g/mol. The Balaban J connectivity index is 1.26. The molecule has 0 saturated carbocycles. The Labute approximate surface area is 189 Å². The first-order valence-corrected chi connectivity index (χ1v) is 10.9. The van der Waals surface area contributed by atoms with Gasteiger partial charge in [-0.3, -0.25) is 4.79 Å². The number of carbonyl (C=O) groups is 1. The standard InChI is InChI=1S/C29H26O3/c30-25(19-17-23-9-7-15-28(21-23)31-26-11-3-1-4-12-26)20-18-24-10-8-16-29(22-24)32-27-13-5-2-6-14-27/h1-16,21-22H,17-20H2. The molecule has 3 heteroatoms. The van der Waals surface area contributed by atoms with Crippen LogP contribution >= 0.6 is 0 Å². The van der Waals surface area contributed by atoms with E-state index in [1.165, 1.54) is 0 Å². The highest BCUT2D eigenvalue weighted by Gasteiger charge is 2.06. The van der Waals surface area contributed by atoms with E-state index >= 15 is 0 Å². The molecule has 0 heterocycles. The highest BCUT2D eigenvalue weighted by Crippen LogP contribution is 2.24. The van der Waals surface area contributed by atoms with Gasteiger partial charge in [0.15, 0.2) is 0 Å². The van der Waals surface area contributed by atoms with Crippen LogP contribution in [0.3, 0.4) is 0 Å². The number of hydrogen-bond acceptors (Lipinski definition) is 3. The third kappa shape index (κ3) is 6.58. The predicted octanol–water partition coefficient (Wildman–Crippen LogP) is 7.41. The molecule has 0 saturated heterocycles. The fourth-order valence-corrected chi connectivity index (χ4v) is 3.47. The molecule has 4 aromatic carbocycles. The first kappa shape index (κ1) is 21.4. The van der Waals surface area contributed by atoms with Gasteiger partial charge in [-0.05, 0) is 72.5 Å². The van der Waals surface area contributed by atoms with Crippen LogP contribution in [0, 0.1) is 0 Å². The monoisotopic (exact) mass is 422 g/mol. The molecule has 0 spiro atoms. The topological polar surface area (TPSA) is 35.5 Å². The van der Waals surface area contributed by atoms with E-state index in [0.717, 1.165) is 34.1 Å². The Kier molecular flexibility index (Phi) is 7.33. The van der Waals surface area contributed by atoms with Crippen LogP contribution in [0.1, 0.15) is 24.0 Å². The summed E-state index contributed by atoms with van der Waals surface area (Å²) >= 11 is 0. The third-order valence-corrected chi connectivity index (χ3v) is 5.14. The van der Waals surface area contributed by atoms with E-state index in [2.05, 4.69) is 0 Å². The Hall–Kier alpha value is -3.85. The molecule has 3 nitrogen and oxygen atoms in total. The summed E-state index contributed by atoms with van der Waals surface area (Å²) in [5.41, 5.74) is 2.20. The van der Waals surface area contributed by atoms with Crippen molar-refractivity contribution in [3.63, 3.8) is 0 Å². The summed E-state index contributed by atoms with van der Waals surface area (Å²) in [4.78, 5) is 12.5. The molecule has 0 bridgehead atoms. The molecular weight excluding hydrogens is 396 g/mol. The van der Waals surface area contributed by atoms with Crippen molar-refractivity contribution in [3.05, 3.63) is 120 Å². The summed E-state index contributed by atoms with van der Waals surface area (Å²) in [5, 5.41) is 0. The van der Waals surface area contributed by atoms with E-state index in [0.29, 0.717) is 25.7 Å². The highest BCUT2D eigenvalue weighted by atomic mass is 16.5. The molecule has 160 valence electrons. The summed E-state index contributed by atoms with van der Waals surface area (Å²) in [6.45, 7) is 0. The number of rotatable bonds is 10. The van der Waals surface area contributed by atoms with Crippen molar-refractivity contribution < 1.29 is 14.3 Å². The zero-order valence-corrected chi connectivity index (χ0v) is 17.9. The zero-order chi connectivity index (χ0) is 22.0.